The van der Waals surface area contributed by atoms with Crippen LogP contribution in [0.25, 0.3) is 0 Å². The number of ether oxygens (including phenoxy) is 1. The molecule has 3 heteroatoms. The van der Waals surface area contributed by atoms with Crippen molar-refractivity contribution >= 4 is 0 Å². The summed E-state index contributed by atoms with van der Waals surface area (Å²) in [6.45, 7) is 2.81. The van der Waals surface area contributed by atoms with Crippen molar-refractivity contribution < 1.29 is 9.84 Å². The van der Waals surface area contributed by atoms with E-state index < -0.39 is 0 Å². The van der Waals surface area contributed by atoms with E-state index in [0.717, 1.165) is 51.4 Å². The Bertz CT molecular complexity index is 182. The molecule has 0 aromatic rings. The van der Waals surface area contributed by atoms with Crippen molar-refractivity contribution in [2.45, 2.75) is 50.7 Å². The van der Waals surface area contributed by atoms with Crippen molar-refractivity contribution in [1.29, 1.82) is 0 Å². The lowest BCUT2D eigenvalue weighted by molar-refractivity contribution is 0.116. The van der Waals surface area contributed by atoms with Crippen LogP contribution in [0.1, 0.15) is 38.5 Å². The van der Waals surface area contributed by atoms with E-state index in [2.05, 4.69) is 5.32 Å². The second-order valence-electron chi connectivity index (χ2n) is 4.93. The van der Waals surface area contributed by atoms with E-state index in [0.29, 0.717) is 6.04 Å². The molecule has 2 rings (SSSR count). The molecule has 0 aromatic heterocycles. The molecule has 0 aromatic carbocycles. The topological polar surface area (TPSA) is 41.5 Å². The molecule has 0 heterocycles. The maximum absolute atomic E-state index is 9.58. The Labute approximate surface area is 92.2 Å². The summed E-state index contributed by atoms with van der Waals surface area (Å²) in [4.78, 5) is 0. The number of rotatable bonds is 7. The van der Waals surface area contributed by atoms with Crippen LogP contribution in [0, 0.1) is 5.92 Å². The molecule has 2 atom stereocenters. The quantitative estimate of drug-likeness (QED) is 0.626. The minimum absolute atomic E-state index is 0.114. The van der Waals surface area contributed by atoms with Gasteiger partial charge < -0.3 is 15.2 Å². The molecule has 0 amide bonds. The van der Waals surface area contributed by atoms with Crippen LogP contribution in [0.5, 0.6) is 0 Å². The van der Waals surface area contributed by atoms with Crippen LogP contribution >= 0.6 is 0 Å². The third-order valence-electron chi connectivity index (χ3n) is 3.40. The molecule has 15 heavy (non-hydrogen) atoms. The number of aliphatic hydroxyl groups is 1. The van der Waals surface area contributed by atoms with Gasteiger partial charge in [0, 0.05) is 19.3 Å². The van der Waals surface area contributed by atoms with Crippen molar-refractivity contribution in [2.24, 2.45) is 5.92 Å². The van der Waals surface area contributed by atoms with Crippen molar-refractivity contribution in [2.75, 3.05) is 19.8 Å². The van der Waals surface area contributed by atoms with Gasteiger partial charge in [0.05, 0.1) is 6.10 Å². The Balaban J connectivity index is 1.40. The van der Waals surface area contributed by atoms with Gasteiger partial charge in [0.25, 0.3) is 0 Å². The molecule has 2 aliphatic carbocycles. The van der Waals surface area contributed by atoms with Crippen LogP contribution in [-0.2, 0) is 4.74 Å². The summed E-state index contributed by atoms with van der Waals surface area (Å²) < 4.78 is 5.55. The minimum Gasteiger partial charge on any atom is -0.392 e. The molecule has 2 saturated carbocycles. The van der Waals surface area contributed by atoms with Gasteiger partial charge in [-0.3, -0.25) is 0 Å². The molecule has 0 saturated heterocycles. The zero-order valence-corrected chi connectivity index (χ0v) is 9.45. The van der Waals surface area contributed by atoms with Gasteiger partial charge in [-0.05, 0) is 51.0 Å². The standard InChI is InChI=1S/C12H23NO2/c14-12-4-1-3-11(12)13-7-2-8-15-9-10-5-6-10/h10-14H,1-9H2/t11-,12-/m0/s1. The summed E-state index contributed by atoms with van der Waals surface area (Å²) in [6, 6.07) is 0.341. The summed E-state index contributed by atoms with van der Waals surface area (Å²) >= 11 is 0. The van der Waals surface area contributed by atoms with E-state index in [-0.39, 0.29) is 6.10 Å². The minimum atomic E-state index is -0.114. The molecular weight excluding hydrogens is 190 g/mol. The highest BCUT2D eigenvalue weighted by atomic mass is 16.5. The van der Waals surface area contributed by atoms with Crippen LogP contribution in [-0.4, -0.2) is 37.0 Å². The summed E-state index contributed by atoms with van der Waals surface area (Å²) in [7, 11) is 0. The normalized spacial score (nSPS) is 31.0. The van der Waals surface area contributed by atoms with Gasteiger partial charge in [-0.2, -0.15) is 0 Å². The first-order chi connectivity index (χ1) is 7.36. The lowest BCUT2D eigenvalue weighted by Gasteiger charge is -2.16. The second-order valence-corrected chi connectivity index (χ2v) is 4.93. The average molecular weight is 213 g/mol. The Morgan fingerprint density at radius 3 is 2.73 bits per heavy atom. The molecule has 2 fully saturated rings. The van der Waals surface area contributed by atoms with Gasteiger partial charge in [0.2, 0.25) is 0 Å². The average Bonchev–Trinajstić information content (AvgIpc) is 2.96. The largest absolute Gasteiger partial charge is 0.392 e. The summed E-state index contributed by atoms with van der Waals surface area (Å²) in [5, 5.41) is 13.0. The fourth-order valence-corrected chi connectivity index (χ4v) is 2.17. The van der Waals surface area contributed by atoms with E-state index in [1.807, 2.05) is 0 Å². The molecule has 2 N–H and O–H groups in total. The number of nitrogens with one attached hydrogen (secondary N) is 1. The highest BCUT2D eigenvalue weighted by Crippen LogP contribution is 2.28. The zero-order chi connectivity index (χ0) is 10.5. The molecule has 2 aliphatic rings. The maximum Gasteiger partial charge on any atom is 0.0693 e. The fraction of sp³-hybridized carbons (Fsp3) is 1.00. The summed E-state index contributed by atoms with van der Waals surface area (Å²) in [5.41, 5.74) is 0. The monoisotopic (exact) mass is 213 g/mol. The SMILES string of the molecule is O[C@H]1CCC[C@@H]1NCCCOCC1CC1. The van der Waals surface area contributed by atoms with Gasteiger partial charge in [-0.15, -0.1) is 0 Å². The highest BCUT2D eigenvalue weighted by Gasteiger charge is 2.24. The summed E-state index contributed by atoms with van der Waals surface area (Å²) in [5.74, 6) is 0.870. The lowest BCUT2D eigenvalue weighted by Crippen LogP contribution is -2.36. The van der Waals surface area contributed by atoms with Gasteiger partial charge in [0.1, 0.15) is 0 Å². The molecule has 0 bridgehead atoms. The fourth-order valence-electron chi connectivity index (χ4n) is 2.17. The van der Waals surface area contributed by atoms with Crippen molar-refractivity contribution in [3.63, 3.8) is 0 Å². The van der Waals surface area contributed by atoms with E-state index in [1.54, 1.807) is 0 Å². The third-order valence-corrected chi connectivity index (χ3v) is 3.40. The van der Waals surface area contributed by atoms with E-state index in [9.17, 15) is 5.11 Å². The first-order valence-electron chi connectivity index (χ1n) is 6.35. The van der Waals surface area contributed by atoms with Crippen molar-refractivity contribution in [3.05, 3.63) is 0 Å². The van der Waals surface area contributed by atoms with Gasteiger partial charge in [-0.25, -0.2) is 0 Å². The molecule has 3 nitrogen and oxygen atoms in total. The molecule has 0 aliphatic heterocycles. The Hall–Kier alpha value is -0.120. The van der Waals surface area contributed by atoms with E-state index in [1.165, 1.54) is 12.8 Å². The summed E-state index contributed by atoms with van der Waals surface area (Å²) in [6.07, 6.45) is 6.95. The van der Waals surface area contributed by atoms with Crippen molar-refractivity contribution in [1.82, 2.24) is 5.32 Å². The van der Waals surface area contributed by atoms with Crippen molar-refractivity contribution in [3.8, 4) is 0 Å². The predicted molar refractivity (Wildman–Crippen MR) is 59.8 cm³/mol. The van der Waals surface area contributed by atoms with Gasteiger partial charge in [0.15, 0.2) is 0 Å². The molecular formula is C12H23NO2. The third kappa shape index (κ3) is 4.09. The van der Waals surface area contributed by atoms with Crippen LogP contribution in [0.4, 0.5) is 0 Å². The molecule has 88 valence electrons. The zero-order valence-electron chi connectivity index (χ0n) is 9.45. The smallest absolute Gasteiger partial charge is 0.0693 e. The van der Waals surface area contributed by atoms with Crippen LogP contribution in [0.15, 0.2) is 0 Å². The van der Waals surface area contributed by atoms with E-state index >= 15 is 0 Å². The Morgan fingerprint density at radius 2 is 2.07 bits per heavy atom. The lowest BCUT2D eigenvalue weighted by atomic mass is 10.2. The first-order valence-corrected chi connectivity index (χ1v) is 6.35. The second kappa shape index (κ2) is 5.83. The molecule has 0 radical (unpaired) electrons. The number of aliphatic hydroxyl groups excluding tert-OH is 1. The Morgan fingerprint density at radius 1 is 1.20 bits per heavy atom. The van der Waals surface area contributed by atoms with Gasteiger partial charge in [-0.1, -0.05) is 0 Å². The highest BCUT2D eigenvalue weighted by molar-refractivity contribution is 4.82. The first kappa shape index (κ1) is 11.4. The maximum atomic E-state index is 9.58. The number of hydrogen-bond donors (Lipinski definition) is 2. The Kier molecular flexibility index (Phi) is 4.42. The predicted octanol–water partition coefficient (Wildman–Crippen LogP) is 1.31. The van der Waals surface area contributed by atoms with E-state index in [4.69, 9.17) is 4.74 Å². The van der Waals surface area contributed by atoms with Crippen LogP contribution in [0.2, 0.25) is 0 Å². The van der Waals surface area contributed by atoms with Gasteiger partial charge >= 0.3 is 0 Å². The van der Waals surface area contributed by atoms with Crippen LogP contribution in [0.3, 0.4) is 0 Å². The molecule has 0 unspecified atom stereocenters. The number of hydrogen-bond acceptors (Lipinski definition) is 3. The molecule has 0 spiro atoms. The van der Waals surface area contributed by atoms with Crippen LogP contribution < -0.4 is 5.32 Å².